The molecule has 0 saturated carbocycles. The molecule has 158 valence electrons. The molecule has 0 aliphatic heterocycles. The molecule has 1 N–H and O–H groups in total. The molecular formula is C22H19ClN4O4. The summed E-state index contributed by atoms with van der Waals surface area (Å²) < 4.78 is 17.6. The second kappa shape index (κ2) is 8.93. The van der Waals surface area contributed by atoms with Crippen molar-refractivity contribution in [2.24, 2.45) is 0 Å². The lowest BCUT2D eigenvalue weighted by Gasteiger charge is -2.13. The number of aromatic nitrogens is 3. The standard InChI is InChI=1S/C22H19ClN4O4/c1-29-18-12-19(30-2)16(11-15(18)23)24-20(28)13-27-10-6-9-17(27)22-25-21(26-31-22)14-7-4-3-5-8-14/h3-12H,13H2,1-2H3,(H,24,28). The third-order valence-corrected chi connectivity index (χ3v) is 4.86. The van der Waals surface area contributed by atoms with Crippen LogP contribution in [0.25, 0.3) is 23.0 Å². The second-order valence-electron chi connectivity index (χ2n) is 6.55. The number of ether oxygens (including phenoxy) is 2. The number of halogens is 1. The molecule has 2 aromatic heterocycles. The van der Waals surface area contributed by atoms with E-state index >= 15 is 0 Å². The Bertz CT molecular complexity index is 1200. The van der Waals surface area contributed by atoms with E-state index in [0.29, 0.717) is 39.6 Å². The molecule has 9 heteroatoms. The highest BCUT2D eigenvalue weighted by Gasteiger charge is 2.17. The molecule has 4 rings (SSSR count). The number of carbonyl (C=O) groups is 1. The molecule has 0 bridgehead atoms. The fourth-order valence-corrected chi connectivity index (χ4v) is 3.32. The van der Waals surface area contributed by atoms with Crippen molar-refractivity contribution in [2.45, 2.75) is 6.54 Å². The number of methoxy groups -OCH3 is 2. The third kappa shape index (κ3) is 4.39. The first-order valence-corrected chi connectivity index (χ1v) is 9.73. The minimum absolute atomic E-state index is 0.0260. The smallest absolute Gasteiger partial charge is 0.274 e. The van der Waals surface area contributed by atoms with Gasteiger partial charge < -0.3 is 23.9 Å². The van der Waals surface area contributed by atoms with Crippen molar-refractivity contribution in [1.29, 1.82) is 0 Å². The first kappa shape index (κ1) is 20.5. The van der Waals surface area contributed by atoms with Gasteiger partial charge in [-0.2, -0.15) is 4.98 Å². The van der Waals surface area contributed by atoms with Crippen LogP contribution in [-0.4, -0.2) is 34.8 Å². The van der Waals surface area contributed by atoms with Crippen LogP contribution in [0.4, 0.5) is 5.69 Å². The fourth-order valence-electron chi connectivity index (χ4n) is 3.08. The van der Waals surface area contributed by atoms with E-state index in [-0.39, 0.29) is 12.5 Å². The van der Waals surface area contributed by atoms with E-state index in [1.165, 1.54) is 14.2 Å². The molecule has 2 heterocycles. The SMILES string of the molecule is COc1cc(OC)c(NC(=O)Cn2cccc2-c2nc(-c3ccccc3)no2)cc1Cl. The Hall–Kier alpha value is -3.78. The van der Waals surface area contributed by atoms with Crippen LogP contribution in [-0.2, 0) is 11.3 Å². The Morgan fingerprint density at radius 2 is 1.87 bits per heavy atom. The number of nitrogens with one attached hydrogen (secondary N) is 1. The zero-order valence-electron chi connectivity index (χ0n) is 16.8. The van der Waals surface area contributed by atoms with E-state index in [1.54, 1.807) is 35.0 Å². The van der Waals surface area contributed by atoms with E-state index in [0.717, 1.165) is 5.56 Å². The topological polar surface area (TPSA) is 91.4 Å². The molecule has 0 aliphatic rings. The van der Waals surface area contributed by atoms with Crippen LogP contribution in [0.1, 0.15) is 0 Å². The maximum absolute atomic E-state index is 12.7. The largest absolute Gasteiger partial charge is 0.495 e. The van der Waals surface area contributed by atoms with Crippen molar-refractivity contribution >= 4 is 23.2 Å². The quantitative estimate of drug-likeness (QED) is 0.456. The molecule has 31 heavy (non-hydrogen) atoms. The summed E-state index contributed by atoms with van der Waals surface area (Å²) in [7, 11) is 3.01. The van der Waals surface area contributed by atoms with Gasteiger partial charge in [0.1, 0.15) is 23.7 Å². The van der Waals surface area contributed by atoms with Crippen LogP contribution < -0.4 is 14.8 Å². The number of hydrogen-bond acceptors (Lipinski definition) is 6. The van der Waals surface area contributed by atoms with Gasteiger partial charge >= 0.3 is 0 Å². The number of hydrogen-bond donors (Lipinski definition) is 1. The summed E-state index contributed by atoms with van der Waals surface area (Å²) in [6.07, 6.45) is 1.76. The van der Waals surface area contributed by atoms with Crippen LogP contribution >= 0.6 is 11.6 Å². The molecule has 0 fully saturated rings. The van der Waals surface area contributed by atoms with Gasteiger partial charge in [-0.1, -0.05) is 47.1 Å². The lowest BCUT2D eigenvalue weighted by atomic mass is 10.2. The maximum atomic E-state index is 12.7. The van der Waals surface area contributed by atoms with Crippen molar-refractivity contribution in [3.63, 3.8) is 0 Å². The number of nitrogens with zero attached hydrogens (tertiary/aromatic N) is 3. The summed E-state index contributed by atoms with van der Waals surface area (Å²) in [5.41, 5.74) is 1.91. The highest BCUT2D eigenvalue weighted by atomic mass is 35.5. The summed E-state index contributed by atoms with van der Waals surface area (Å²) in [6.45, 7) is 0.0260. The third-order valence-electron chi connectivity index (χ3n) is 4.57. The second-order valence-corrected chi connectivity index (χ2v) is 6.95. The average molecular weight is 439 g/mol. The van der Waals surface area contributed by atoms with E-state index in [4.69, 9.17) is 25.6 Å². The van der Waals surface area contributed by atoms with Crippen LogP contribution in [0, 0.1) is 0 Å². The molecule has 0 saturated heterocycles. The van der Waals surface area contributed by atoms with Crippen LogP contribution in [0.3, 0.4) is 0 Å². The normalized spacial score (nSPS) is 10.7. The molecule has 0 radical (unpaired) electrons. The lowest BCUT2D eigenvalue weighted by molar-refractivity contribution is -0.116. The first-order valence-electron chi connectivity index (χ1n) is 9.35. The fraction of sp³-hybridized carbons (Fsp3) is 0.136. The van der Waals surface area contributed by atoms with Crippen LogP contribution in [0.2, 0.25) is 5.02 Å². The summed E-state index contributed by atoms with van der Waals surface area (Å²) >= 11 is 6.18. The van der Waals surface area contributed by atoms with Crippen molar-refractivity contribution in [3.8, 4) is 34.5 Å². The molecule has 8 nitrogen and oxygen atoms in total. The summed E-state index contributed by atoms with van der Waals surface area (Å²) in [5, 5.41) is 7.21. The number of benzene rings is 2. The number of amides is 1. The maximum Gasteiger partial charge on any atom is 0.274 e. The van der Waals surface area contributed by atoms with E-state index in [1.807, 2.05) is 30.3 Å². The molecule has 0 aliphatic carbocycles. The monoisotopic (exact) mass is 438 g/mol. The summed E-state index contributed by atoms with van der Waals surface area (Å²) in [6, 6.07) is 16.3. The van der Waals surface area contributed by atoms with Crippen LogP contribution in [0.5, 0.6) is 11.5 Å². The molecule has 0 unspecified atom stereocenters. The van der Waals surface area contributed by atoms with Gasteiger partial charge in [0.15, 0.2) is 0 Å². The lowest BCUT2D eigenvalue weighted by Crippen LogP contribution is -2.19. The molecular weight excluding hydrogens is 420 g/mol. The highest BCUT2D eigenvalue weighted by Crippen LogP contribution is 2.36. The molecule has 0 spiro atoms. The van der Waals surface area contributed by atoms with Crippen molar-refractivity contribution < 1.29 is 18.8 Å². The highest BCUT2D eigenvalue weighted by molar-refractivity contribution is 6.32. The summed E-state index contributed by atoms with van der Waals surface area (Å²) in [5.74, 6) is 1.41. The van der Waals surface area contributed by atoms with E-state index in [9.17, 15) is 4.79 Å². The van der Waals surface area contributed by atoms with E-state index < -0.39 is 0 Å². The van der Waals surface area contributed by atoms with Gasteiger partial charge in [-0.05, 0) is 18.2 Å². The summed E-state index contributed by atoms with van der Waals surface area (Å²) in [4.78, 5) is 17.1. The zero-order valence-corrected chi connectivity index (χ0v) is 17.6. The Kier molecular flexibility index (Phi) is 5.90. The Balaban J connectivity index is 1.52. The Morgan fingerprint density at radius 1 is 1.10 bits per heavy atom. The number of rotatable bonds is 7. The van der Waals surface area contributed by atoms with E-state index in [2.05, 4.69) is 15.5 Å². The minimum Gasteiger partial charge on any atom is -0.495 e. The van der Waals surface area contributed by atoms with Gasteiger partial charge in [-0.25, -0.2) is 0 Å². The molecule has 2 aromatic carbocycles. The van der Waals surface area contributed by atoms with Gasteiger partial charge in [-0.3, -0.25) is 4.79 Å². The average Bonchev–Trinajstić information content (AvgIpc) is 3.44. The van der Waals surface area contributed by atoms with Crippen molar-refractivity contribution in [2.75, 3.05) is 19.5 Å². The van der Waals surface area contributed by atoms with Crippen molar-refractivity contribution in [1.82, 2.24) is 14.7 Å². The Labute approximate surface area is 183 Å². The zero-order chi connectivity index (χ0) is 21.8. The van der Waals surface area contributed by atoms with Gasteiger partial charge in [0, 0.05) is 17.8 Å². The predicted molar refractivity (Wildman–Crippen MR) is 116 cm³/mol. The van der Waals surface area contributed by atoms with Crippen molar-refractivity contribution in [3.05, 3.63) is 65.8 Å². The molecule has 4 aromatic rings. The Morgan fingerprint density at radius 3 is 2.61 bits per heavy atom. The predicted octanol–water partition coefficient (Wildman–Crippen LogP) is 4.51. The van der Waals surface area contributed by atoms with Gasteiger partial charge in [0.2, 0.25) is 11.7 Å². The number of carbonyl (C=O) groups excluding carboxylic acids is 1. The van der Waals surface area contributed by atoms with Gasteiger partial charge in [-0.15, -0.1) is 0 Å². The van der Waals surface area contributed by atoms with Crippen LogP contribution in [0.15, 0.2) is 65.3 Å². The molecule has 0 atom stereocenters. The first-order chi connectivity index (χ1) is 15.1. The molecule has 1 amide bonds. The van der Waals surface area contributed by atoms with Gasteiger partial charge in [0.25, 0.3) is 5.89 Å². The minimum atomic E-state index is -0.278. The van der Waals surface area contributed by atoms with Gasteiger partial charge in [0.05, 0.1) is 24.9 Å². The number of anilines is 1.